The molecule has 0 bridgehead atoms. The van der Waals surface area contributed by atoms with Crippen molar-refractivity contribution in [2.24, 2.45) is 0 Å². The van der Waals surface area contributed by atoms with Crippen molar-refractivity contribution in [3.63, 3.8) is 0 Å². The molecular weight excluding hydrogens is 312 g/mol. The Labute approximate surface area is 138 Å². The van der Waals surface area contributed by atoms with E-state index in [9.17, 15) is 4.79 Å². The van der Waals surface area contributed by atoms with Crippen molar-refractivity contribution in [1.82, 2.24) is 14.8 Å². The molecule has 6 heteroatoms. The van der Waals surface area contributed by atoms with Crippen molar-refractivity contribution in [3.05, 3.63) is 70.8 Å². The summed E-state index contributed by atoms with van der Waals surface area (Å²) in [6.45, 7) is 3.92. The summed E-state index contributed by atoms with van der Waals surface area (Å²) in [4.78, 5) is 16.5. The number of benzene rings is 2. The summed E-state index contributed by atoms with van der Waals surface area (Å²) >= 11 is 6.06. The van der Waals surface area contributed by atoms with Crippen LogP contribution in [0.15, 0.2) is 49.1 Å². The van der Waals surface area contributed by atoms with E-state index in [1.54, 1.807) is 29.2 Å². The van der Waals surface area contributed by atoms with E-state index in [-0.39, 0.29) is 5.91 Å². The average molecular weight is 327 g/mol. The van der Waals surface area contributed by atoms with Crippen LogP contribution in [0.2, 0.25) is 5.02 Å². The van der Waals surface area contributed by atoms with Gasteiger partial charge < -0.3 is 5.32 Å². The summed E-state index contributed by atoms with van der Waals surface area (Å²) in [6.07, 6.45) is 3.00. The molecule has 0 aliphatic carbocycles. The van der Waals surface area contributed by atoms with Gasteiger partial charge in [-0.25, -0.2) is 9.67 Å². The summed E-state index contributed by atoms with van der Waals surface area (Å²) < 4.78 is 1.58. The lowest BCUT2D eigenvalue weighted by molar-refractivity contribution is 0.102. The fourth-order valence-electron chi connectivity index (χ4n) is 2.44. The van der Waals surface area contributed by atoms with Gasteiger partial charge >= 0.3 is 0 Å². The second-order valence-corrected chi connectivity index (χ2v) is 5.77. The number of hydrogen-bond acceptors (Lipinski definition) is 3. The van der Waals surface area contributed by atoms with E-state index in [0.29, 0.717) is 22.0 Å². The highest BCUT2D eigenvalue weighted by molar-refractivity contribution is 6.31. The van der Waals surface area contributed by atoms with Crippen LogP contribution in [0.25, 0.3) is 5.69 Å². The Morgan fingerprint density at radius 2 is 1.87 bits per heavy atom. The standard InChI is InChI=1S/C17H15ClN4O/c1-11-5-12(2)7-13(6-11)17(23)21-15-8-14(18)3-4-16(15)22-10-19-9-20-22/h3-10H,1-2H3,(H,21,23). The third-order valence-corrected chi connectivity index (χ3v) is 3.59. The number of aryl methyl sites for hydroxylation is 2. The Morgan fingerprint density at radius 1 is 1.13 bits per heavy atom. The first kappa shape index (κ1) is 15.2. The predicted molar refractivity (Wildman–Crippen MR) is 90.2 cm³/mol. The van der Waals surface area contributed by atoms with Crippen LogP contribution in [0.5, 0.6) is 0 Å². The summed E-state index contributed by atoms with van der Waals surface area (Å²) in [6, 6.07) is 10.9. The Balaban J connectivity index is 1.96. The highest BCUT2D eigenvalue weighted by Gasteiger charge is 2.12. The molecule has 0 saturated heterocycles. The SMILES string of the molecule is Cc1cc(C)cc(C(=O)Nc2cc(Cl)ccc2-n2cncn2)c1. The molecule has 0 radical (unpaired) electrons. The first-order valence-corrected chi connectivity index (χ1v) is 7.45. The summed E-state index contributed by atoms with van der Waals surface area (Å²) in [5.74, 6) is -0.194. The minimum absolute atomic E-state index is 0.194. The summed E-state index contributed by atoms with van der Waals surface area (Å²) in [5, 5.41) is 7.53. The monoisotopic (exact) mass is 326 g/mol. The van der Waals surface area contributed by atoms with Gasteiger partial charge in [0.25, 0.3) is 5.91 Å². The normalized spacial score (nSPS) is 10.6. The van der Waals surface area contributed by atoms with Crippen molar-refractivity contribution in [2.75, 3.05) is 5.32 Å². The molecule has 3 aromatic rings. The molecule has 5 nitrogen and oxygen atoms in total. The molecule has 0 spiro atoms. The maximum atomic E-state index is 12.6. The van der Waals surface area contributed by atoms with Crippen molar-refractivity contribution in [3.8, 4) is 5.69 Å². The number of carbonyl (C=O) groups excluding carboxylic acids is 1. The molecular formula is C17H15ClN4O. The molecule has 0 atom stereocenters. The van der Waals surface area contributed by atoms with Gasteiger partial charge in [0, 0.05) is 10.6 Å². The zero-order chi connectivity index (χ0) is 16.4. The lowest BCUT2D eigenvalue weighted by Crippen LogP contribution is -2.14. The molecule has 0 saturated carbocycles. The van der Waals surface area contributed by atoms with Crippen molar-refractivity contribution in [2.45, 2.75) is 13.8 Å². The van der Waals surface area contributed by atoms with E-state index >= 15 is 0 Å². The van der Waals surface area contributed by atoms with E-state index < -0.39 is 0 Å². The van der Waals surface area contributed by atoms with Gasteiger partial charge in [0.2, 0.25) is 0 Å². The molecule has 0 unspecified atom stereocenters. The number of anilines is 1. The average Bonchev–Trinajstić information content (AvgIpc) is 3.00. The topological polar surface area (TPSA) is 59.8 Å². The third kappa shape index (κ3) is 3.40. The van der Waals surface area contributed by atoms with Crippen LogP contribution in [0, 0.1) is 13.8 Å². The van der Waals surface area contributed by atoms with Crippen LogP contribution in [-0.4, -0.2) is 20.7 Å². The van der Waals surface area contributed by atoms with Gasteiger partial charge in [0.05, 0.1) is 11.4 Å². The van der Waals surface area contributed by atoms with Gasteiger partial charge in [-0.15, -0.1) is 0 Å². The Hall–Kier alpha value is -2.66. The summed E-state index contributed by atoms with van der Waals surface area (Å²) in [5.41, 5.74) is 3.96. The van der Waals surface area contributed by atoms with Gasteiger partial charge in [-0.2, -0.15) is 5.10 Å². The van der Waals surface area contributed by atoms with Gasteiger partial charge in [0.15, 0.2) is 0 Å². The lowest BCUT2D eigenvalue weighted by atomic mass is 10.1. The van der Waals surface area contributed by atoms with Crippen LogP contribution >= 0.6 is 11.6 Å². The Kier molecular flexibility index (Phi) is 4.12. The maximum Gasteiger partial charge on any atom is 0.255 e. The number of carbonyl (C=O) groups is 1. The highest BCUT2D eigenvalue weighted by atomic mass is 35.5. The largest absolute Gasteiger partial charge is 0.320 e. The number of nitrogens with one attached hydrogen (secondary N) is 1. The van der Waals surface area contributed by atoms with Gasteiger partial charge in [-0.3, -0.25) is 4.79 Å². The number of hydrogen-bond donors (Lipinski definition) is 1. The molecule has 3 rings (SSSR count). The minimum atomic E-state index is -0.194. The molecule has 1 aromatic heterocycles. The molecule has 0 fully saturated rings. The molecule has 1 amide bonds. The zero-order valence-corrected chi connectivity index (χ0v) is 13.5. The predicted octanol–water partition coefficient (Wildman–Crippen LogP) is 3.79. The minimum Gasteiger partial charge on any atom is -0.320 e. The molecule has 0 aliphatic heterocycles. The Morgan fingerprint density at radius 3 is 2.52 bits per heavy atom. The van der Waals surface area contributed by atoms with Crippen LogP contribution in [-0.2, 0) is 0 Å². The fourth-order valence-corrected chi connectivity index (χ4v) is 2.61. The zero-order valence-electron chi connectivity index (χ0n) is 12.7. The van der Waals surface area contributed by atoms with Crippen LogP contribution in [0.4, 0.5) is 5.69 Å². The van der Waals surface area contributed by atoms with Crippen molar-refractivity contribution < 1.29 is 4.79 Å². The molecule has 23 heavy (non-hydrogen) atoms. The van der Waals surface area contributed by atoms with Gasteiger partial charge in [0.1, 0.15) is 12.7 Å². The van der Waals surface area contributed by atoms with E-state index in [4.69, 9.17) is 11.6 Å². The first-order valence-electron chi connectivity index (χ1n) is 7.07. The van der Waals surface area contributed by atoms with Crippen LogP contribution < -0.4 is 5.32 Å². The number of halogens is 1. The molecule has 0 aliphatic rings. The number of rotatable bonds is 3. The van der Waals surface area contributed by atoms with Gasteiger partial charge in [-0.1, -0.05) is 28.8 Å². The van der Waals surface area contributed by atoms with E-state index in [2.05, 4.69) is 15.4 Å². The van der Waals surface area contributed by atoms with E-state index in [0.717, 1.165) is 11.1 Å². The summed E-state index contributed by atoms with van der Waals surface area (Å²) in [7, 11) is 0. The third-order valence-electron chi connectivity index (χ3n) is 3.36. The fraction of sp³-hybridized carbons (Fsp3) is 0.118. The molecule has 116 valence electrons. The maximum absolute atomic E-state index is 12.6. The highest BCUT2D eigenvalue weighted by Crippen LogP contribution is 2.24. The molecule has 1 heterocycles. The number of amides is 1. The van der Waals surface area contributed by atoms with Crippen LogP contribution in [0.3, 0.4) is 0 Å². The van der Waals surface area contributed by atoms with E-state index in [1.807, 2.05) is 32.0 Å². The number of aromatic nitrogens is 3. The quantitative estimate of drug-likeness (QED) is 0.796. The van der Waals surface area contributed by atoms with Gasteiger partial charge in [-0.05, 0) is 44.2 Å². The lowest BCUT2D eigenvalue weighted by Gasteiger charge is -2.12. The Bertz CT molecular complexity index is 839. The second-order valence-electron chi connectivity index (χ2n) is 5.33. The van der Waals surface area contributed by atoms with Crippen LogP contribution in [0.1, 0.15) is 21.5 Å². The van der Waals surface area contributed by atoms with E-state index in [1.165, 1.54) is 6.33 Å². The first-order chi connectivity index (χ1) is 11.0. The number of nitrogens with zero attached hydrogens (tertiary/aromatic N) is 3. The second kappa shape index (κ2) is 6.22. The van der Waals surface area contributed by atoms with Crippen molar-refractivity contribution in [1.29, 1.82) is 0 Å². The van der Waals surface area contributed by atoms with Crippen molar-refractivity contribution >= 4 is 23.2 Å². The molecule has 1 N–H and O–H groups in total. The smallest absolute Gasteiger partial charge is 0.255 e. The molecule has 2 aromatic carbocycles.